The Morgan fingerprint density at radius 3 is 2.36 bits per heavy atom. The number of carbonyl (C=O) groups is 2. The number of nitrogens with zero attached hydrogens (tertiary/aromatic N) is 1. The van der Waals surface area contributed by atoms with Gasteiger partial charge in [0.05, 0.1) is 0 Å². The highest BCUT2D eigenvalue weighted by atomic mass is 32.2. The molecule has 138 valence electrons. The van der Waals surface area contributed by atoms with Crippen molar-refractivity contribution in [3.05, 3.63) is 29.8 Å². The average Bonchev–Trinajstić information content (AvgIpc) is 2.54. The summed E-state index contributed by atoms with van der Waals surface area (Å²) >= 11 is 1.71. The third-order valence-electron chi connectivity index (χ3n) is 4.52. The van der Waals surface area contributed by atoms with Crippen LogP contribution in [0.2, 0.25) is 0 Å². The van der Waals surface area contributed by atoms with Crippen LogP contribution < -0.4 is 5.73 Å². The fourth-order valence-electron chi connectivity index (χ4n) is 3.18. The van der Waals surface area contributed by atoms with Crippen molar-refractivity contribution in [2.45, 2.75) is 50.0 Å². The quantitative estimate of drug-likeness (QED) is 0.785. The summed E-state index contributed by atoms with van der Waals surface area (Å²) in [6.07, 6.45) is 4.45. The number of carbonyl (C=O) groups excluding carboxylic acids is 2. The number of hydrogen-bond acceptors (Lipinski definition) is 4. The van der Waals surface area contributed by atoms with Crippen molar-refractivity contribution in [2.24, 2.45) is 11.7 Å². The van der Waals surface area contributed by atoms with Crippen molar-refractivity contribution in [2.75, 3.05) is 19.3 Å². The zero-order valence-electron chi connectivity index (χ0n) is 15.3. The molecule has 1 aliphatic heterocycles. The number of ether oxygens (including phenoxy) is 1. The lowest BCUT2D eigenvalue weighted by atomic mass is 9.93. The van der Waals surface area contributed by atoms with Crippen molar-refractivity contribution >= 4 is 23.8 Å². The summed E-state index contributed by atoms with van der Waals surface area (Å²) in [6, 6.07) is 8.33. The number of piperidine rings is 1. The van der Waals surface area contributed by atoms with Gasteiger partial charge in [-0.15, -0.1) is 11.8 Å². The van der Waals surface area contributed by atoms with Crippen LogP contribution >= 0.6 is 11.8 Å². The van der Waals surface area contributed by atoms with E-state index in [1.807, 2.05) is 20.1 Å². The molecule has 0 aromatic heterocycles. The predicted molar refractivity (Wildman–Crippen MR) is 101 cm³/mol. The highest BCUT2D eigenvalue weighted by Gasteiger charge is 2.29. The molecular weight excluding hydrogens is 336 g/mol. The Kier molecular flexibility index (Phi) is 6.76. The Labute approximate surface area is 154 Å². The highest BCUT2D eigenvalue weighted by molar-refractivity contribution is 7.98. The molecule has 1 aliphatic rings. The maximum Gasteiger partial charge on any atom is 0.410 e. The smallest absolute Gasteiger partial charge is 0.410 e. The molecule has 1 heterocycles. The van der Waals surface area contributed by atoms with Crippen LogP contribution in [0, 0.1) is 5.92 Å². The van der Waals surface area contributed by atoms with Crippen molar-refractivity contribution in [3.63, 3.8) is 0 Å². The molecular formula is C19H28N2O3S. The Morgan fingerprint density at radius 2 is 1.84 bits per heavy atom. The van der Waals surface area contributed by atoms with Gasteiger partial charge in [-0.2, -0.15) is 0 Å². The second-order valence-electron chi connectivity index (χ2n) is 7.25. The lowest BCUT2D eigenvalue weighted by Gasteiger charge is -2.34. The Bertz CT molecular complexity index is 593. The van der Waals surface area contributed by atoms with E-state index >= 15 is 0 Å². The van der Waals surface area contributed by atoms with E-state index in [0.29, 0.717) is 25.9 Å². The summed E-state index contributed by atoms with van der Waals surface area (Å²) in [6.45, 7) is 5.12. The topological polar surface area (TPSA) is 72.6 Å². The van der Waals surface area contributed by atoms with E-state index in [4.69, 9.17) is 10.5 Å². The molecule has 0 atom stereocenters. The van der Waals surface area contributed by atoms with Gasteiger partial charge in [-0.3, -0.25) is 4.79 Å². The van der Waals surface area contributed by atoms with Gasteiger partial charge >= 0.3 is 6.09 Å². The first-order valence-corrected chi connectivity index (χ1v) is 9.91. The van der Waals surface area contributed by atoms with Crippen LogP contribution in [0.15, 0.2) is 29.2 Å². The van der Waals surface area contributed by atoms with Crippen LogP contribution in [-0.2, 0) is 16.0 Å². The van der Waals surface area contributed by atoms with Crippen molar-refractivity contribution in [1.82, 2.24) is 4.90 Å². The molecule has 0 aliphatic carbocycles. The van der Waals surface area contributed by atoms with E-state index in [1.54, 1.807) is 16.7 Å². The first kappa shape index (κ1) is 19.6. The summed E-state index contributed by atoms with van der Waals surface area (Å²) in [5, 5.41) is 0. The van der Waals surface area contributed by atoms with Crippen LogP contribution in [0.4, 0.5) is 4.79 Å². The van der Waals surface area contributed by atoms with Gasteiger partial charge in [0.15, 0.2) is 0 Å². The van der Waals surface area contributed by atoms with Crippen LogP contribution in [0.3, 0.4) is 0 Å². The zero-order chi connectivity index (χ0) is 18.4. The first-order chi connectivity index (χ1) is 11.8. The van der Waals surface area contributed by atoms with Gasteiger partial charge in [0.2, 0.25) is 5.91 Å². The third-order valence-corrected chi connectivity index (χ3v) is 5.26. The van der Waals surface area contributed by atoms with Crippen molar-refractivity contribution < 1.29 is 14.3 Å². The summed E-state index contributed by atoms with van der Waals surface area (Å²) in [4.78, 5) is 26.4. The van der Waals surface area contributed by atoms with E-state index in [2.05, 4.69) is 24.3 Å². The van der Waals surface area contributed by atoms with Gasteiger partial charge in [-0.1, -0.05) is 12.1 Å². The van der Waals surface area contributed by atoms with Gasteiger partial charge < -0.3 is 15.4 Å². The maximum atomic E-state index is 12.4. The molecule has 0 unspecified atom stereocenters. The fourth-order valence-corrected chi connectivity index (χ4v) is 3.58. The number of amides is 2. The summed E-state index contributed by atoms with van der Waals surface area (Å²) in [7, 11) is 0. The van der Waals surface area contributed by atoms with Crippen LogP contribution in [0.5, 0.6) is 0 Å². The van der Waals surface area contributed by atoms with Crippen LogP contribution in [0.1, 0.15) is 38.7 Å². The lowest BCUT2D eigenvalue weighted by Crippen LogP contribution is -2.43. The number of hydrogen-bond donors (Lipinski definition) is 1. The van der Waals surface area contributed by atoms with Crippen LogP contribution in [-0.4, -0.2) is 41.8 Å². The van der Waals surface area contributed by atoms with E-state index in [-0.39, 0.29) is 17.9 Å². The summed E-state index contributed by atoms with van der Waals surface area (Å²) < 4.78 is 5.74. The molecule has 0 radical (unpaired) electrons. The highest BCUT2D eigenvalue weighted by Crippen LogP contribution is 2.24. The number of rotatable bonds is 6. The molecule has 2 rings (SSSR count). The molecule has 6 heteroatoms. The van der Waals surface area contributed by atoms with Gasteiger partial charge in [0.25, 0.3) is 0 Å². The molecule has 1 saturated heterocycles. The maximum absolute atomic E-state index is 12.4. The number of benzene rings is 1. The molecule has 1 aromatic rings. The predicted octanol–water partition coefficient (Wildman–Crippen LogP) is 3.45. The fraction of sp³-hybridized carbons (Fsp3) is 0.579. The Morgan fingerprint density at radius 1 is 1.24 bits per heavy atom. The molecule has 2 N–H and O–H groups in total. The standard InChI is InChI=1S/C19H28N2O3S/c1-19(2,13-15-4-6-16(25-3)7-5-15)24-18(23)21-10-8-14(9-11-21)12-17(20)22/h4-7,14H,8-13H2,1-3H3,(H2,20,22). The lowest BCUT2D eigenvalue weighted by molar-refractivity contribution is -0.119. The van der Waals surface area contributed by atoms with Crippen molar-refractivity contribution in [3.8, 4) is 0 Å². The average molecular weight is 365 g/mol. The number of nitrogens with two attached hydrogens (primary N) is 1. The number of likely N-dealkylation sites (tertiary alicyclic amines) is 1. The Hall–Kier alpha value is -1.69. The minimum atomic E-state index is -0.567. The zero-order valence-corrected chi connectivity index (χ0v) is 16.1. The first-order valence-electron chi connectivity index (χ1n) is 8.68. The SMILES string of the molecule is CSc1ccc(CC(C)(C)OC(=O)N2CCC(CC(N)=O)CC2)cc1. The monoisotopic (exact) mass is 364 g/mol. The molecule has 0 bridgehead atoms. The molecule has 5 nitrogen and oxygen atoms in total. The normalized spacial score (nSPS) is 15.9. The van der Waals surface area contributed by atoms with Gasteiger partial charge in [-0.25, -0.2) is 4.79 Å². The third kappa shape index (κ3) is 6.27. The van der Waals surface area contributed by atoms with E-state index in [1.165, 1.54) is 4.90 Å². The second-order valence-corrected chi connectivity index (χ2v) is 8.13. The van der Waals surface area contributed by atoms with E-state index < -0.39 is 5.60 Å². The van der Waals surface area contributed by atoms with E-state index in [9.17, 15) is 9.59 Å². The number of thioether (sulfide) groups is 1. The molecule has 25 heavy (non-hydrogen) atoms. The molecule has 1 aromatic carbocycles. The minimum absolute atomic E-state index is 0.269. The number of primary amides is 1. The molecule has 0 spiro atoms. The van der Waals surface area contributed by atoms with Crippen molar-refractivity contribution in [1.29, 1.82) is 0 Å². The van der Waals surface area contributed by atoms with E-state index in [0.717, 1.165) is 18.4 Å². The molecule has 2 amide bonds. The summed E-state index contributed by atoms with van der Waals surface area (Å²) in [5.74, 6) is 0.0131. The molecule has 1 fully saturated rings. The van der Waals surface area contributed by atoms with Crippen LogP contribution in [0.25, 0.3) is 0 Å². The molecule has 0 saturated carbocycles. The summed E-state index contributed by atoms with van der Waals surface area (Å²) in [5.41, 5.74) is 5.83. The largest absolute Gasteiger partial charge is 0.443 e. The second kappa shape index (κ2) is 8.61. The Balaban J connectivity index is 1.85. The van der Waals surface area contributed by atoms with Gasteiger partial charge in [-0.05, 0) is 56.6 Å². The minimum Gasteiger partial charge on any atom is -0.443 e. The van der Waals surface area contributed by atoms with Gasteiger partial charge in [0, 0.05) is 30.8 Å². The van der Waals surface area contributed by atoms with Gasteiger partial charge in [0.1, 0.15) is 5.60 Å².